The Kier molecular flexibility index (Phi) is 4.09. The number of carbonyl (C=O) groups excluding carboxylic acids is 1. The first-order valence-corrected chi connectivity index (χ1v) is 7.55. The number of nitrogens with zero attached hydrogens (tertiary/aromatic N) is 4. The van der Waals surface area contributed by atoms with Crippen LogP contribution < -0.4 is 10.9 Å². The number of aromatic nitrogens is 5. The molecule has 0 bridgehead atoms. The lowest BCUT2D eigenvalue weighted by molar-refractivity contribution is -0.143. The Morgan fingerprint density at radius 1 is 1.35 bits per heavy atom. The summed E-state index contributed by atoms with van der Waals surface area (Å²) >= 11 is 0. The maximum Gasteiger partial charge on any atom is 0.435 e. The van der Waals surface area contributed by atoms with Gasteiger partial charge < -0.3 is 5.32 Å². The van der Waals surface area contributed by atoms with Gasteiger partial charge in [0.05, 0.1) is 18.3 Å². The largest absolute Gasteiger partial charge is 0.435 e. The number of amides is 1. The minimum Gasteiger partial charge on any atom is -0.323 e. The lowest BCUT2D eigenvalue weighted by Gasteiger charge is -2.13. The average molecular weight is 368 g/mol. The summed E-state index contributed by atoms with van der Waals surface area (Å²) in [4.78, 5) is 28.0. The van der Waals surface area contributed by atoms with Crippen molar-refractivity contribution >= 4 is 17.2 Å². The Morgan fingerprint density at radius 3 is 2.69 bits per heavy atom. The summed E-state index contributed by atoms with van der Waals surface area (Å²) in [6, 6.07) is 1.31. The van der Waals surface area contributed by atoms with Crippen LogP contribution in [0.2, 0.25) is 0 Å². The van der Waals surface area contributed by atoms with Crippen molar-refractivity contribution in [2.24, 2.45) is 7.05 Å². The van der Waals surface area contributed by atoms with E-state index in [0.717, 1.165) is 13.2 Å². The van der Waals surface area contributed by atoms with E-state index in [1.807, 2.05) is 0 Å². The van der Waals surface area contributed by atoms with Crippen LogP contribution in [-0.2, 0) is 24.4 Å². The molecule has 0 aliphatic rings. The number of nitrogens with one attached hydrogen (secondary N) is 2. The normalized spacial score (nSPS) is 11.9. The van der Waals surface area contributed by atoms with Crippen LogP contribution in [0.4, 0.5) is 18.9 Å². The molecule has 26 heavy (non-hydrogen) atoms. The van der Waals surface area contributed by atoms with Crippen molar-refractivity contribution in [2.75, 3.05) is 5.32 Å². The molecule has 0 unspecified atom stereocenters. The van der Waals surface area contributed by atoms with E-state index in [9.17, 15) is 22.8 Å². The third-order valence-electron chi connectivity index (χ3n) is 4.02. The van der Waals surface area contributed by atoms with Crippen LogP contribution in [0, 0.1) is 13.8 Å². The van der Waals surface area contributed by atoms with E-state index in [2.05, 4.69) is 20.5 Å². The molecule has 8 nitrogen and oxygen atoms in total. The van der Waals surface area contributed by atoms with Crippen LogP contribution in [-0.4, -0.2) is 30.3 Å². The summed E-state index contributed by atoms with van der Waals surface area (Å²) < 4.78 is 41.3. The quantitative estimate of drug-likeness (QED) is 0.733. The van der Waals surface area contributed by atoms with Gasteiger partial charge in [-0.2, -0.15) is 18.3 Å². The summed E-state index contributed by atoms with van der Waals surface area (Å²) in [5, 5.41) is 8.34. The van der Waals surface area contributed by atoms with Gasteiger partial charge in [-0.3, -0.25) is 19.4 Å². The van der Waals surface area contributed by atoms with Gasteiger partial charge in [0.15, 0.2) is 11.3 Å². The maximum absolute atomic E-state index is 13.1. The summed E-state index contributed by atoms with van der Waals surface area (Å²) in [6.45, 7) is 3.35. The number of hydrogen-bond acceptors (Lipinski definition) is 4. The van der Waals surface area contributed by atoms with Gasteiger partial charge in [0, 0.05) is 30.1 Å². The highest BCUT2D eigenvalue weighted by Crippen LogP contribution is 2.34. The highest BCUT2D eigenvalue weighted by Gasteiger charge is 2.38. The first-order chi connectivity index (χ1) is 12.1. The third-order valence-corrected chi connectivity index (χ3v) is 4.02. The van der Waals surface area contributed by atoms with Gasteiger partial charge in [-0.05, 0) is 13.8 Å². The number of aryl methyl sites for hydroxylation is 3. The molecule has 0 atom stereocenters. The van der Waals surface area contributed by atoms with Gasteiger partial charge in [0.2, 0.25) is 5.91 Å². The average Bonchev–Trinajstić information content (AvgIpc) is 3.05. The molecule has 0 aliphatic carbocycles. The Hall–Kier alpha value is -3.11. The molecule has 0 aromatic carbocycles. The standard InChI is InChI=1S/C15H15F3N6O2/c1-7-9(8(2)24-11(20-7)5-13(26)22-24)4-12(25)21-10-6-19-23(3)14(10)15(16,17)18/h5-6H,4H2,1-3H3,(H,21,25)(H,22,26). The molecule has 2 N–H and O–H groups in total. The monoisotopic (exact) mass is 368 g/mol. The van der Waals surface area contributed by atoms with Crippen molar-refractivity contribution in [3.05, 3.63) is 45.3 Å². The molecule has 11 heteroatoms. The van der Waals surface area contributed by atoms with E-state index in [-0.39, 0.29) is 12.0 Å². The molecule has 0 saturated heterocycles. The lowest BCUT2D eigenvalue weighted by atomic mass is 10.1. The number of H-pyrrole nitrogens is 1. The van der Waals surface area contributed by atoms with Crippen molar-refractivity contribution in [3.63, 3.8) is 0 Å². The molecule has 0 radical (unpaired) electrons. The maximum atomic E-state index is 13.1. The minimum absolute atomic E-state index is 0.201. The molecule has 0 saturated carbocycles. The van der Waals surface area contributed by atoms with Crippen molar-refractivity contribution in [1.82, 2.24) is 24.4 Å². The highest BCUT2D eigenvalue weighted by molar-refractivity contribution is 5.93. The van der Waals surface area contributed by atoms with E-state index in [1.165, 1.54) is 10.6 Å². The summed E-state index contributed by atoms with van der Waals surface area (Å²) in [5.41, 5.74) is 0.212. The number of hydrogen-bond donors (Lipinski definition) is 2. The fraction of sp³-hybridized carbons (Fsp3) is 0.333. The van der Waals surface area contributed by atoms with Crippen LogP contribution in [0.3, 0.4) is 0 Å². The lowest BCUT2D eigenvalue weighted by Crippen LogP contribution is -2.21. The van der Waals surface area contributed by atoms with Gasteiger partial charge in [0.1, 0.15) is 0 Å². The number of aromatic amines is 1. The topological polar surface area (TPSA) is 97.1 Å². The number of halogens is 3. The van der Waals surface area contributed by atoms with Crippen molar-refractivity contribution in [1.29, 1.82) is 0 Å². The molecule has 3 rings (SSSR count). The molecule has 0 aliphatic heterocycles. The zero-order valence-corrected chi connectivity index (χ0v) is 14.1. The van der Waals surface area contributed by atoms with E-state index >= 15 is 0 Å². The highest BCUT2D eigenvalue weighted by atomic mass is 19.4. The number of fused-ring (bicyclic) bond motifs is 1. The summed E-state index contributed by atoms with van der Waals surface area (Å²) in [5.74, 6) is -0.648. The first-order valence-electron chi connectivity index (χ1n) is 7.55. The SMILES string of the molecule is Cc1nc2cc(=O)[nH]n2c(C)c1CC(=O)Nc1cnn(C)c1C(F)(F)F. The Morgan fingerprint density at radius 2 is 2.04 bits per heavy atom. The Bertz CT molecular complexity index is 1060. The van der Waals surface area contributed by atoms with Gasteiger partial charge in [-0.15, -0.1) is 0 Å². The van der Waals surface area contributed by atoms with E-state index in [1.54, 1.807) is 13.8 Å². The summed E-state index contributed by atoms with van der Waals surface area (Å²) in [6.07, 6.45) is -3.90. The van der Waals surface area contributed by atoms with Crippen LogP contribution >= 0.6 is 0 Å². The number of carbonyl (C=O) groups is 1. The molecule has 0 spiro atoms. The second-order valence-electron chi connectivity index (χ2n) is 5.83. The second kappa shape index (κ2) is 6.00. The first kappa shape index (κ1) is 17.7. The van der Waals surface area contributed by atoms with Crippen LogP contribution in [0.15, 0.2) is 17.1 Å². The smallest absolute Gasteiger partial charge is 0.323 e. The van der Waals surface area contributed by atoms with E-state index in [4.69, 9.17) is 0 Å². The minimum atomic E-state index is -4.65. The molecular weight excluding hydrogens is 353 g/mol. The zero-order chi connectivity index (χ0) is 19.2. The number of anilines is 1. The van der Waals surface area contributed by atoms with Crippen molar-refractivity contribution < 1.29 is 18.0 Å². The molecular formula is C15H15F3N6O2. The second-order valence-corrected chi connectivity index (χ2v) is 5.83. The fourth-order valence-corrected chi connectivity index (χ4v) is 2.83. The third kappa shape index (κ3) is 3.07. The molecule has 3 aromatic rings. The predicted octanol–water partition coefficient (Wildman–Crippen LogP) is 1.57. The molecule has 0 fully saturated rings. The zero-order valence-electron chi connectivity index (χ0n) is 14.1. The van der Waals surface area contributed by atoms with Gasteiger partial charge >= 0.3 is 6.18 Å². The van der Waals surface area contributed by atoms with Crippen LogP contribution in [0.1, 0.15) is 22.6 Å². The van der Waals surface area contributed by atoms with Gasteiger partial charge in [0.25, 0.3) is 5.56 Å². The van der Waals surface area contributed by atoms with Crippen molar-refractivity contribution in [3.8, 4) is 0 Å². The Labute approximate surface area is 144 Å². The van der Waals surface area contributed by atoms with Crippen LogP contribution in [0.5, 0.6) is 0 Å². The van der Waals surface area contributed by atoms with E-state index in [0.29, 0.717) is 27.3 Å². The summed E-state index contributed by atoms with van der Waals surface area (Å²) in [7, 11) is 1.15. The predicted molar refractivity (Wildman–Crippen MR) is 85.8 cm³/mol. The van der Waals surface area contributed by atoms with Gasteiger partial charge in [-0.25, -0.2) is 9.50 Å². The van der Waals surface area contributed by atoms with E-state index < -0.39 is 23.5 Å². The van der Waals surface area contributed by atoms with Crippen molar-refractivity contribution in [2.45, 2.75) is 26.4 Å². The molecule has 3 aromatic heterocycles. The molecule has 138 valence electrons. The van der Waals surface area contributed by atoms with Gasteiger partial charge in [-0.1, -0.05) is 0 Å². The Balaban J connectivity index is 1.90. The fourth-order valence-electron chi connectivity index (χ4n) is 2.83. The molecule has 1 amide bonds. The number of rotatable bonds is 3. The molecule has 3 heterocycles. The van der Waals surface area contributed by atoms with Crippen LogP contribution in [0.25, 0.3) is 5.65 Å². The number of alkyl halides is 3.